The third-order valence-electron chi connectivity index (χ3n) is 4.13. The molecule has 0 unspecified atom stereocenters. The molecule has 2 rings (SSSR count). The Hall–Kier alpha value is -0.610. The Morgan fingerprint density at radius 2 is 1.72 bits per heavy atom. The zero-order valence-corrected chi connectivity index (χ0v) is 12.0. The maximum absolute atomic E-state index is 12.1. The van der Waals surface area contributed by atoms with Crippen molar-refractivity contribution in [3.8, 4) is 0 Å². The molecule has 4 nitrogen and oxygen atoms in total. The SMILES string of the molecule is CC1(O)CC(C(=O)N[C@@H]2CC(C)(C)OC2(C)C)C1. The van der Waals surface area contributed by atoms with E-state index in [9.17, 15) is 9.90 Å². The van der Waals surface area contributed by atoms with Crippen LogP contribution >= 0.6 is 0 Å². The Balaban J connectivity index is 1.92. The van der Waals surface area contributed by atoms with Crippen molar-refractivity contribution in [3.63, 3.8) is 0 Å². The largest absolute Gasteiger partial charge is 0.390 e. The van der Waals surface area contributed by atoms with E-state index < -0.39 is 5.60 Å². The second-order valence-electron chi connectivity index (χ2n) is 7.33. The molecule has 2 aliphatic rings. The third kappa shape index (κ3) is 2.69. The molecule has 1 saturated heterocycles. The van der Waals surface area contributed by atoms with E-state index in [0.29, 0.717) is 12.8 Å². The number of carbonyl (C=O) groups excluding carboxylic acids is 1. The molecule has 104 valence electrons. The molecule has 0 aromatic heterocycles. The first-order valence-corrected chi connectivity index (χ1v) is 6.74. The first-order chi connectivity index (χ1) is 8.01. The zero-order chi connectivity index (χ0) is 13.8. The Bertz CT molecular complexity index is 352. The summed E-state index contributed by atoms with van der Waals surface area (Å²) in [5, 5.41) is 12.8. The van der Waals surface area contributed by atoms with Crippen molar-refractivity contribution in [2.75, 3.05) is 0 Å². The molecular weight excluding hydrogens is 230 g/mol. The summed E-state index contributed by atoms with van der Waals surface area (Å²) in [6, 6.07) is 0.0468. The quantitative estimate of drug-likeness (QED) is 0.788. The van der Waals surface area contributed by atoms with Gasteiger partial charge in [0.2, 0.25) is 5.91 Å². The van der Waals surface area contributed by atoms with Crippen molar-refractivity contribution >= 4 is 5.91 Å². The molecule has 0 aromatic rings. The third-order valence-corrected chi connectivity index (χ3v) is 4.13. The van der Waals surface area contributed by atoms with Crippen LogP contribution in [-0.2, 0) is 9.53 Å². The van der Waals surface area contributed by atoms with E-state index in [0.717, 1.165) is 6.42 Å². The lowest BCUT2D eigenvalue weighted by Gasteiger charge is -2.40. The van der Waals surface area contributed by atoms with Crippen LogP contribution in [0.25, 0.3) is 0 Å². The van der Waals surface area contributed by atoms with Crippen molar-refractivity contribution in [2.45, 2.75) is 76.7 Å². The number of carbonyl (C=O) groups is 1. The lowest BCUT2D eigenvalue weighted by atomic mass is 9.71. The highest BCUT2D eigenvalue weighted by Crippen LogP contribution is 2.40. The average Bonchev–Trinajstić information content (AvgIpc) is 2.29. The van der Waals surface area contributed by atoms with Gasteiger partial charge < -0.3 is 15.2 Å². The fourth-order valence-corrected chi connectivity index (χ4v) is 3.26. The number of ether oxygens (including phenoxy) is 1. The van der Waals surface area contributed by atoms with Gasteiger partial charge in [-0.15, -0.1) is 0 Å². The minimum Gasteiger partial charge on any atom is -0.390 e. The topological polar surface area (TPSA) is 58.6 Å². The zero-order valence-electron chi connectivity index (χ0n) is 12.0. The predicted octanol–water partition coefficient (Wildman–Crippen LogP) is 1.61. The van der Waals surface area contributed by atoms with Gasteiger partial charge in [-0.05, 0) is 53.9 Å². The number of rotatable bonds is 2. The fraction of sp³-hybridized carbons (Fsp3) is 0.929. The van der Waals surface area contributed by atoms with Crippen LogP contribution in [0.15, 0.2) is 0 Å². The second-order valence-corrected chi connectivity index (χ2v) is 7.33. The normalized spacial score (nSPS) is 41.2. The number of amides is 1. The number of aliphatic hydroxyl groups is 1. The van der Waals surface area contributed by atoms with Gasteiger partial charge in [0.1, 0.15) is 0 Å². The summed E-state index contributed by atoms with van der Waals surface area (Å²) < 4.78 is 5.96. The van der Waals surface area contributed by atoms with Crippen molar-refractivity contribution in [1.82, 2.24) is 5.32 Å². The predicted molar refractivity (Wildman–Crippen MR) is 69.1 cm³/mol. The van der Waals surface area contributed by atoms with Gasteiger partial charge in [0.05, 0.1) is 22.8 Å². The van der Waals surface area contributed by atoms with Gasteiger partial charge in [-0.1, -0.05) is 0 Å². The molecule has 1 saturated carbocycles. The standard InChI is InChI=1S/C14H25NO3/c1-12(2)8-10(13(3,4)18-12)15-11(16)9-6-14(5,17)7-9/h9-10,17H,6-8H2,1-5H3,(H,15,16)/t9?,10-,14?/m1/s1. The fourth-order valence-electron chi connectivity index (χ4n) is 3.26. The lowest BCUT2D eigenvalue weighted by Crippen LogP contribution is -2.53. The van der Waals surface area contributed by atoms with E-state index in [1.54, 1.807) is 6.92 Å². The number of hydrogen-bond acceptors (Lipinski definition) is 3. The minimum absolute atomic E-state index is 0.0421. The molecule has 1 aliphatic carbocycles. The Labute approximate surface area is 109 Å². The average molecular weight is 255 g/mol. The first-order valence-electron chi connectivity index (χ1n) is 6.74. The molecule has 1 heterocycles. The molecule has 0 aromatic carbocycles. The molecule has 1 amide bonds. The van der Waals surface area contributed by atoms with Crippen molar-refractivity contribution in [2.24, 2.45) is 5.92 Å². The monoisotopic (exact) mass is 255 g/mol. The van der Waals surface area contributed by atoms with E-state index in [2.05, 4.69) is 19.2 Å². The molecule has 1 aliphatic heterocycles. The van der Waals surface area contributed by atoms with Crippen LogP contribution in [0.3, 0.4) is 0 Å². The van der Waals surface area contributed by atoms with Crippen LogP contribution in [0.2, 0.25) is 0 Å². The highest BCUT2D eigenvalue weighted by Gasteiger charge is 2.49. The van der Waals surface area contributed by atoms with Crippen LogP contribution < -0.4 is 5.32 Å². The van der Waals surface area contributed by atoms with Crippen LogP contribution in [-0.4, -0.2) is 33.9 Å². The molecule has 0 radical (unpaired) electrons. The minimum atomic E-state index is -0.650. The van der Waals surface area contributed by atoms with Gasteiger partial charge in [-0.2, -0.15) is 0 Å². The first kappa shape index (κ1) is 13.8. The summed E-state index contributed by atoms with van der Waals surface area (Å²) in [6.45, 7) is 9.92. The van der Waals surface area contributed by atoms with Gasteiger partial charge in [0.25, 0.3) is 0 Å². The molecule has 1 atom stereocenters. The van der Waals surface area contributed by atoms with Gasteiger partial charge in [-0.3, -0.25) is 4.79 Å². The lowest BCUT2D eigenvalue weighted by molar-refractivity contribution is -0.141. The number of nitrogens with one attached hydrogen (secondary N) is 1. The summed E-state index contributed by atoms with van der Waals surface area (Å²) in [4.78, 5) is 12.1. The van der Waals surface area contributed by atoms with E-state index in [-0.39, 0.29) is 29.1 Å². The van der Waals surface area contributed by atoms with E-state index in [1.807, 2.05) is 13.8 Å². The van der Waals surface area contributed by atoms with Crippen LogP contribution in [0.5, 0.6) is 0 Å². The molecule has 4 heteroatoms. The summed E-state index contributed by atoms with van der Waals surface area (Å²) in [7, 11) is 0. The second kappa shape index (κ2) is 3.94. The van der Waals surface area contributed by atoms with E-state index in [1.165, 1.54) is 0 Å². The van der Waals surface area contributed by atoms with Gasteiger partial charge >= 0.3 is 0 Å². The Morgan fingerprint density at radius 1 is 1.17 bits per heavy atom. The number of hydrogen-bond donors (Lipinski definition) is 2. The maximum atomic E-state index is 12.1. The Morgan fingerprint density at radius 3 is 2.11 bits per heavy atom. The summed E-state index contributed by atoms with van der Waals surface area (Å²) in [6.07, 6.45) is 1.96. The Kier molecular flexibility index (Phi) is 3.02. The van der Waals surface area contributed by atoms with Crippen LogP contribution in [0, 0.1) is 5.92 Å². The van der Waals surface area contributed by atoms with Gasteiger partial charge in [-0.25, -0.2) is 0 Å². The smallest absolute Gasteiger partial charge is 0.223 e. The molecule has 0 bridgehead atoms. The molecular formula is C14H25NO3. The van der Waals surface area contributed by atoms with E-state index >= 15 is 0 Å². The molecule has 2 N–H and O–H groups in total. The van der Waals surface area contributed by atoms with Crippen molar-refractivity contribution < 1.29 is 14.6 Å². The highest BCUT2D eigenvalue weighted by atomic mass is 16.5. The van der Waals surface area contributed by atoms with E-state index in [4.69, 9.17) is 4.74 Å². The van der Waals surface area contributed by atoms with Gasteiger partial charge in [0, 0.05) is 5.92 Å². The highest BCUT2D eigenvalue weighted by molar-refractivity contribution is 5.80. The molecule has 2 fully saturated rings. The van der Waals surface area contributed by atoms with Crippen molar-refractivity contribution in [3.05, 3.63) is 0 Å². The van der Waals surface area contributed by atoms with Crippen LogP contribution in [0.4, 0.5) is 0 Å². The molecule has 0 spiro atoms. The summed E-state index contributed by atoms with van der Waals surface area (Å²) in [5.41, 5.74) is -1.17. The summed E-state index contributed by atoms with van der Waals surface area (Å²) >= 11 is 0. The van der Waals surface area contributed by atoms with Crippen molar-refractivity contribution in [1.29, 1.82) is 0 Å². The molecule has 18 heavy (non-hydrogen) atoms. The van der Waals surface area contributed by atoms with Crippen LogP contribution in [0.1, 0.15) is 53.9 Å². The maximum Gasteiger partial charge on any atom is 0.223 e. The summed E-state index contributed by atoms with van der Waals surface area (Å²) in [5.74, 6) is 0.0143. The van der Waals surface area contributed by atoms with Gasteiger partial charge in [0.15, 0.2) is 0 Å².